The van der Waals surface area contributed by atoms with Gasteiger partial charge in [-0.25, -0.2) is 9.48 Å². The number of rotatable bonds is 5. The Morgan fingerprint density at radius 2 is 1.90 bits per heavy atom. The van der Waals surface area contributed by atoms with Gasteiger partial charge in [0.2, 0.25) is 0 Å². The summed E-state index contributed by atoms with van der Waals surface area (Å²) in [4.78, 5) is 24.4. The van der Waals surface area contributed by atoms with E-state index in [9.17, 15) is 9.59 Å². The Balaban J connectivity index is 2.44. The molecule has 2 aromatic rings. The fourth-order valence-corrected chi connectivity index (χ4v) is 2.07. The summed E-state index contributed by atoms with van der Waals surface area (Å²) < 4.78 is 2.52. The summed E-state index contributed by atoms with van der Waals surface area (Å²) in [7, 11) is 0. The van der Waals surface area contributed by atoms with E-state index >= 15 is 0 Å². The third-order valence-electron chi connectivity index (χ3n) is 2.96. The van der Waals surface area contributed by atoms with Gasteiger partial charge in [-0.2, -0.15) is 5.10 Å². The first kappa shape index (κ1) is 14.5. The van der Waals surface area contributed by atoms with Gasteiger partial charge in [0, 0.05) is 12.4 Å². The second-order valence-electron chi connectivity index (χ2n) is 4.51. The molecule has 0 aliphatic rings. The van der Waals surface area contributed by atoms with Crippen LogP contribution in [0.5, 0.6) is 0 Å². The Morgan fingerprint density at radius 1 is 1.20 bits per heavy atom. The number of hydrogen-bond donors (Lipinski definition) is 0. The zero-order valence-corrected chi connectivity index (χ0v) is 12.0. The smallest absolute Gasteiger partial charge is 0.267 e. The Kier molecular flexibility index (Phi) is 4.74. The minimum Gasteiger partial charge on any atom is -0.267 e. The van der Waals surface area contributed by atoms with Crippen LogP contribution in [-0.4, -0.2) is 20.2 Å². The minimum absolute atomic E-state index is 0.253. The summed E-state index contributed by atoms with van der Waals surface area (Å²) in [6.45, 7) is 2.28. The van der Waals surface area contributed by atoms with E-state index in [0.29, 0.717) is 24.5 Å². The Morgan fingerprint density at radius 3 is 2.55 bits per heavy atom. The number of aromatic nitrogens is 3. The molecule has 0 fully saturated rings. The number of nitrogens with zero attached hydrogens (tertiary/aromatic N) is 3. The van der Waals surface area contributed by atoms with Crippen molar-refractivity contribution in [2.45, 2.75) is 26.4 Å². The van der Waals surface area contributed by atoms with Gasteiger partial charge in [0.1, 0.15) is 5.69 Å². The van der Waals surface area contributed by atoms with Gasteiger partial charge in [-0.05, 0) is 18.9 Å². The monoisotopic (exact) mass is 293 g/mol. The molecule has 1 aromatic carbocycles. The Bertz CT molecular complexity index is 692. The predicted octanol–water partition coefficient (Wildman–Crippen LogP) is 1.39. The molecule has 0 atom stereocenters. The van der Waals surface area contributed by atoms with Crippen LogP contribution in [0.1, 0.15) is 17.7 Å². The molecule has 5 nitrogen and oxygen atoms in total. The van der Waals surface area contributed by atoms with Crippen molar-refractivity contribution in [3.8, 4) is 0 Å². The number of benzene rings is 1. The lowest BCUT2D eigenvalue weighted by atomic mass is 10.2. The van der Waals surface area contributed by atoms with Crippen LogP contribution in [0.4, 0.5) is 0 Å². The van der Waals surface area contributed by atoms with Crippen LogP contribution in [0.15, 0.2) is 39.9 Å². The number of alkyl halides is 1. The lowest BCUT2D eigenvalue weighted by Gasteiger charge is -2.10. The zero-order valence-electron chi connectivity index (χ0n) is 11.3. The van der Waals surface area contributed by atoms with Crippen molar-refractivity contribution in [3.63, 3.8) is 0 Å². The molecule has 0 unspecified atom stereocenters. The molecule has 1 aromatic heterocycles. The van der Waals surface area contributed by atoms with Crippen LogP contribution in [0.3, 0.4) is 0 Å². The number of halogens is 1. The molecule has 0 aliphatic carbocycles. The van der Waals surface area contributed by atoms with Crippen molar-refractivity contribution in [2.24, 2.45) is 0 Å². The Hall–Kier alpha value is -1.88. The fraction of sp³-hybridized carbons (Fsp3) is 0.357. The SMILES string of the molecule is Cc1nn(CCCCl)c(=O)n(Cc2ccccc2)c1=O. The summed E-state index contributed by atoms with van der Waals surface area (Å²) in [5, 5.41) is 4.02. The summed E-state index contributed by atoms with van der Waals surface area (Å²) in [6.07, 6.45) is 0.636. The minimum atomic E-state index is -0.394. The molecule has 0 N–H and O–H groups in total. The number of aryl methyl sites for hydroxylation is 2. The van der Waals surface area contributed by atoms with Crippen LogP contribution < -0.4 is 11.2 Å². The first-order chi connectivity index (χ1) is 9.63. The third-order valence-corrected chi connectivity index (χ3v) is 3.23. The summed E-state index contributed by atoms with van der Waals surface area (Å²) in [5.41, 5.74) is 0.479. The van der Waals surface area contributed by atoms with E-state index in [1.807, 2.05) is 30.3 Å². The highest BCUT2D eigenvalue weighted by Gasteiger charge is 2.10. The third kappa shape index (κ3) is 3.17. The van der Waals surface area contributed by atoms with Gasteiger partial charge in [0.15, 0.2) is 0 Å². The molecular weight excluding hydrogens is 278 g/mol. The maximum absolute atomic E-state index is 12.3. The molecular formula is C14H16ClN3O2. The molecule has 0 amide bonds. The largest absolute Gasteiger partial charge is 0.347 e. The lowest BCUT2D eigenvalue weighted by Crippen LogP contribution is -2.43. The van der Waals surface area contributed by atoms with E-state index in [0.717, 1.165) is 5.56 Å². The van der Waals surface area contributed by atoms with Gasteiger partial charge in [-0.3, -0.25) is 9.36 Å². The van der Waals surface area contributed by atoms with Gasteiger partial charge < -0.3 is 0 Å². The molecule has 1 heterocycles. The van der Waals surface area contributed by atoms with Crippen molar-refractivity contribution in [3.05, 3.63) is 62.4 Å². The van der Waals surface area contributed by atoms with Crippen molar-refractivity contribution in [1.82, 2.24) is 14.3 Å². The first-order valence-corrected chi connectivity index (χ1v) is 6.95. The van der Waals surface area contributed by atoms with E-state index < -0.39 is 5.69 Å². The van der Waals surface area contributed by atoms with Gasteiger partial charge in [0.25, 0.3) is 5.56 Å². The Labute approximate surface area is 121 Å². The molecule has 0 bridgehead atoms. The predicted molar refractivity (Wildman–Crippen MR) is 78.4 cm³/mol. The van der Waals surface area contributed by atoms with Crippen LogP contribution in [0, 0.1) is 6.92 Å². The molecule has 106 valence electrons. The van der Waals surface area contributed by atoms with Gasteiger partial charge >= 0.3 is 5.69 Å². The quantitative estimate of drug-likeness (QED) is 0.783. The lowest BCUT2D eigenvalue weighted by molar-refractivity contribution is 0.495. The van der Waals surface area contributed by atoms with E-state index in [-0.39, 0.29) is 12.1 Å². The standard InChI is InChI=1S/C14H16ClN3O2/c1-11-13(19)17(10-12-6-3-2-4-7-12)14(20)18(16-11)9-5-8-15/h2-4,6-7H,5,8-10H2,1H3. The van der Waals surface area contributed by atoms with Gasteiger partial charge in [-0.15, -0.1) is 11.6 Å². The zero-order chi connectivity index (χ0) is 14.5. The van der Waals surface area contributed by atoms with Crippen molar-refractivity contribution in [2.75, 3.05) is 5.88 Å². The van der Waals surface area contributed by atoms with Crippen LogP contribution in [0.2, 0.25) is 0 Å². The first-order valence-electron chi connectivity index (χ1n) is 6.42. The van der Waals surface area contributed by atoms with Crippen molar-refractivity contribution >= 4 is 11.6 Å². The highest BCUT2D eigenvalue weighted by molar-refractivity contribution is 6.17. The van der Waals surface area contributed by atoms with E-state index in [2.05, 4.69) is 5.10 Å². The average Bonchev–Trinajstić information content (AvgIpc) is 2.47. The molecule has 0 saturated carbocycles. The van der Waals surface area contributed by atoms with Crippen molar-refractivity contribution < 1.29 is 0 Å². The van der Waals surface area contributed by atoms with E-state index in [1.165, 1.54) is 9.25 Å². The fourth-order valence-electron chi connectivity index (χ4n) is 1.95. The van der Waals surface area contributed by atoms with Gasteiger partial charge in [0.05, 0.1) is 6.54 Å². The van der Waals surface area contributed by atoms with Crippen LogP contribution in [-0.2, 0) is 13.1 Å². The van der Waals surface area contributed by atoms with Crippen molar-refractivity contribution in [1.29, 1.82) is 0 Å². The highest BCUT2D eigenvalue weighted by Crippen LogP contribution is 1.99. The molecule has 0 radical (unpaired) electrons. The van der Waals surface area contributed by atoms with E-state index in [4.69, 9.17) is 11.6 Å². The highest BCUT2D eigenvalue weighted by atomic mass is 35.5. The summed E-state index contributed by atoms with van der Waals surface area (Å²) >= 11 is 5.63. The summed E-state index contributed by atoms with van der Waals surface area (Å²) in [5.74, 6) is 0.449. The molecule has 0 spiro atoms. The number of hydrogen-bond acceptors (Lipinski definition) is 3. The molecule has 0 saturated heterocycles. The van der Waals surface area contributed by atoms with Crippen LogP contribution in [0.25, 0.3) is 0 Å². The molecule has 2 rings (SSSR count). The van der Waals surface area contributed by atoms with E-state index in [1.54, 1.807) is 6.92 Å². The second kappa shape index (κ2) is 6.52. The van der Waals surface area contributed by atoms with Crippen LogP contribution >= 0.6 is 11.6 Å². The second-order valence-corrected chi connectivity index (χ2v) is 4.89. The molecule has 6 heteroatoms. The molecule has 20 heavy (non-hydrogen) atoms. The normalized spacial score (nSPS) is 10.7. The topological polar surface area (TPSA) is 56.9 Å². The average molecular weight is 294 g/mol. The van der Waals surface area contributed by atoms with Gasteiger partial charge in [-0.1, -0.05) is 30.3 Å². The summed E-state index contributed by atoms with van der Waals surface area (Å²) in [6, 6.07) is 9.40. The molecule has 0 aliphatic heterocycles. The maximum atomic E-state index is 12.3. The maximum Gasteiger partial charge on any atom is 0.347 e.